The third-order valence-electron chi connectivity index (χ3n) is 6.00. The average Bonchev–Trinajstić information content (AvgIpc) is 3.33. The van der Waals surface area contributed by atoms with Crippen LogP contribution >= 0.6 is 0 Å². The Hall–Kier alpha value is -2.13. The van der Waals surface area contributed by atoms with Gasteiger partial charge in [-0.25, -0.2) is 8.42 Å². The van der Waals surface area contributed by atoms with E-state index in [-0.39, 0.29) is 24.2 Å². The Morgan fingerprint density at radius 3 is 2.29 bits per heavy atom. The van der Waals surface area contributed by atoms with E-state index in [4.69, 9.17) is 0 Å². The summed E-state index contributed by atoms with van der Waals surface area (Å²) in [5.74, 6) is 0.953. The molecule has 172 valence electrons. The molecule has 0 aliphatic carbocycles. The first kappa shape index (κ1) is 23.5. The van der Waals surface area contributed by atoms with Crippen molar-refractivity contribution in [2.24, 2.45) is 4.99 Å². The van der Waals surface area contributed by atoms with Gasteiger partial charge in [0, 0.05) is 45.8 Å². The summed E-state index contributed by atoms with van der Waals surface area (Å²) < 4.78 is 25.0. The van der Waals surface area contributed by atoms with E-state index < -0.39 is 9.84 Å². The van der Waals surface area contributed by atoms with Crippen LogP contribution in [-0.2, 0) is 14.6 Å². The third-order valence-corrected chi connectivity index (χ3v) is 7.71. The monoisotopic (exact) mass is 449 g/mol. The predicted octanol–water partition coefficient (Wildman–Crippen LogP) is 1.05. The van der Waals surface area contributed by atoms with Gasteiger partial charge in [-0.15, -0.1) is 0 Å². The second-order valence-electron chi connectivity index (χ2n) is 8.10. The molecule has 1 aromatic carbocycles. The highest BCUT2D eigenvalue weighted by molar-refractivity contribution is 7.91. The number of aliphatic imine (C=N–C) groups is 1. The van der Waals surface area contributed by atoms with Crippen LogP contribution in [0.15, 0.2) is 40.2 Å². The summed E-state index contributed by atoms with van der Waals surface area (Å²) in [6.07, 6.45) is 2.21. The molecule has 31 heavy (non-hydrogen) atoms. The summed E-state index contributed by atoms with van der Waals surface area (Å²) in [4.78, 5) is 24.0. The molecule has 1 amide bonds. The highest BCUT2D eigenvalue weighted by Gasteiger charge is 2.30. The van der Waals surface area contributed by atoms with Crippen LogP contribution in [0.5, 0.6) is 0 Å². The number of piperazine rings is 1. The van der Waals surface area contributed by atoms with Crippen molar-refractivity contribution >= 4 is 21.7 Å². The van der Waals surface area contributed by atoms with E-state index in [1.54, 1.807) is 30.3 Å². The van der Waals surface area contributed by atoms with Crippen molar-refractivity contribution in [2.75, 3.05) is 58.1 Å². The quantitative estimate of drug-likeness (QED) is 0.495. The van der Waals surface area contributed by atoms with Crippen molar-refractivity contribution in [3.63, 3.8) is 0 Å². The molecule has 1 aromatic rings. The first-order chi connectivity index (χ1) is 14.9. The topological polar surface area (TPSA) is 85.3 Å². The lowest BCUT2D eigenvalue weighted by atomic mass is 10.2. The Morgan fingerprint density at radius 1 is 1.03 bits per heavy atom. The molecule has 9 heteroatoms. The van der Waals surface area contributed by atoms with E-state index in [0.717, 1.165) is 58.1 Å². The highest BCUT2D eigenvalue weighted by atomic mass is 32.2. The van der Waals surface area contributed by atoms with Crippen LogP contribution in [0.2, 0.25) is 0 Å². The van der Waals surface area contributed by atoms with Crippen LogP contribution in [0.3, 0.4) is 0 Å². The summed E-state index contributed by atoms with van der Waals surface area (Å²) in [6.45, 7) is 9.79. The van der Waals surface area contributed by atoms with Crippen LogP contribution in [0.1, 0.15) is 26.7 Å². The lowest BCUT2D eigenvalue weighted by Gasteiger charge is -2.39. The van der Waals surface area contributed by atoms with Gasteiger partial charge in [-0.2, -0.15) is 0 Å². The molecule has 2 aliphatic heterocycles. The Balaban J connectivity index is 1.54. The second-order valence-corrected chi connectivity index (χ2v) is 10.2. The number of nitrogens with zero attached hydrogens (tertiary/aromatic N) is 4. The van der Waals surface area contributed by atoms with Gasteiger partial charge in [0.05, 0.1) is 23.2 Å². The second kappa shape index (κ2) is 10.9. The van der Waals surface area contributed by atoms with Crippen LogP contribution in [0.4, 0.5) is 0 Å². The van der Waals surface area contributed by atoms with Gasteiger partial charge in [0.15, 0.2) is 15.8 Å². The van der Waals surface area contributed by atoms with Crippen LogP contribution in [0.25, 0.3) is 0 Å². The molecule has 0 bridgehead atoms. The van der Waals surface area contributed by atoms with Gasteiger partial charge >= 0.3 is 0 Å². The first-order valence-corrected chi connectivity index (χ1v) is 12.9. The number of carbonyl (C=O) groups is 1. The SMILES string of the molecule is CCNC(=NCCS(=O)(=O)c1ccccc1)N1CCN(C(C)C(=O)N2CCCC2)CC1. The normalized spacial score (nSPS) is 19.5. The zero-order valence-corrected chi connectivity index (χ0v) is 19.5. The van der Waals surface area contributed by atoms with E-state index in [0.29, 0.717) is 11.4 Å². The number of nitrogens with one attached hydrogen (secondary N) is 1. The molecule has 2 heterocycles. The van der Waals surface area contributed by atoms with Crippen LogP contribution < -0.4 is 5.32 Å². The summed E-state index contributed by atoms with van der Waals surface area (Å²) in [5, 5.41) is 3.28. The van der Waals surface area contributed by atoms with E-state index in [1.165, 1.54) is 0 Å². The van der Waals surface area contributed by atoms with Crippen molar-refractivity contribution in [3.05, 3.63) is 30.3 Å². The number of rotatable bonds is 7. The number of benzene rings is 1. The minimum absolute atomic E-state index is 0.0206. The van der Waals surface area contributed by atoms with Gasteiger partial charge in [0.2, 0.25) is 5.91 Å². The lowest BCUT2D eigenvalue weighted by molar-refractivity contribution is -0.135. The number of likely N-dealkylation sites (tertiary alicyclic amines) is 1. The van der Waals surface area contributed by atoms with Crippen molar-refractivity contribution in [1.82, 2.24) is 20.0 Å². The molecular weight excluding hydrogens is 414 g/mol. The molecule has 1 atom stereocenters. The molecule has 1 N–H and O–H groups in total. The number of hydrogen-bond acceptors (Lipinski definition) is 5. The largest absolute Gasteiger partial charge is 0.357 e. The Morgan fingerprint density at radius 2 is 1.68 bits per heavy atom. The van der Waals surface area contributed by atoms with Crippen molar-refractivity contribution in [2.45, 2.75) is 37.6 Å². The minimum atomic E-state index is -3.34. The molecule has 2 aliphatic rings. The van der Waals surface area contributed by atoms with Crippen molar-refractivity contribution < 1.29 is 13.2 Å². The Labute approximate surface area is 186 Å². The lowest BCUT2D eigenvalue weighted by Crippen LogP contribution is -2.57. The zero-order chi connectivity index (χ0) is 22.3. The molecule has 2 saturated heterocycles. The summed E-state index contributed by atoms with van der Waals surface area (Å²) in [6, 6.07) is 8.40. The van der Waals surface area contributed by atoms with E-state index in [9.17, 15) is 13.2 Å². The highest BCUT2D eigenvalue weighted by Crippen LogP contribution is 2.14. The number of amides is 1. The smallest absolute Gasteiger partial charge is 0.239 e. The number of hydrogen-bond donors (Lipinski definition) is 1. The fourth-order valence-corrected chi connectivity index (χ4v) is 5.26. The predicted molar refractivity (Wildman–Crippen MR) is 123 cm³/mol. The van der Waals surface area contributed by atoms with E-state index in [1.807, 2.05) is 18.7 Å². The van der Waals surface area contributed by atoms with Gasteiger partial charge in [-0.3, -0.25) is 14.7 Å². The maximum Gasteiger partial charge on any atom is 0.239 e. The molecule has 3 rings (SSSR count). The Kier molecular flexibility index (Phi) is 8.31. The summed E-state index contributed by atoms with van der Waals surface area (Å²) in [7, 11) is -3.34. The van der Waals surface area contributed by atoms with Crippen LogP contribution in [-0.4, -0.2) is 99.1 Å². The third kappa shape index (κ3) is 6.20. The van der Waals surface area contributed by atoms with Crippen molar-refractivity contribution in [1.29, 1.82) is 0 Å². The Bertz CT molecular complexity index is 845. The standard InChI is InChI=1S/C22H35N5O3S/c1-3-23-22(24-11-18-31(29,30)20-9-5-4-6-10-20)27-16-14-25(15-17-27)19(2)21(28)26-12-7-8-13-26/h4-6,9-10,19H,3,7-8,11-18H2,1-2H3,(H,23,24). The van der Waals surface area contributed by atoms with E-state index in [2.05, 4.69) is 20.1 Å². The van der Waals surface area contributed by atoms with Gasteiger partial charge in [0.25, 0.3) is 0 Å². The molecule has 0 aromatic heterocycles. The van der Waals surface area contributed by atoms with E-state index >= 15 is 0 Å². The molecule has 0 spiro atoms. The molecule has 2 fully saturated rings. The first-order valence-electron chi connectivity index (χ1n) is 11.3. The summed E-state index contributed by atoms with van der Waals surface area (Å²) >= 11 is 0. The average molecular weight is 450 g/mol. The fourth-order valence-electron chi connectivity index (χ4n) is 4.12. The molecule has 0 radical (unpaired) electrons. The molecule has 8 nitrogen and oxygen atoms in total. The zero-order valence-electron chi connectivity index (χ0n) is 18.7. The van der Waals surface area contributed by atoms with Gasteiger partial charge < -0.3 is 15.1 Å². The molecular formula is C22H35N5O3S. The summed E-state index contributed by atoms with van der Waals surface area (Å²) in [5.41, 5.74) is 0. The number of sulfone groups is 1. The fraction of sp³-hybridized carbons (Fsp3) is 0.636. The maximum atomic E-state index is 12.7. The molecule has 1 unspecified atom stereocenters. The number of guanidine groups is 1. The van der Waals surface area contributed by atoms with Crippen molar-refractivity contribution in [3.8, 4) is 0 Å². The van der Waals surface area contributed by atoms with Gasteiger partial charge in [-0.05, 0) is 38.8 Å². The molecule has 0 saturated carbocycles. The van der Waals surface area contributed by atoms with Crippen LogP contribution in [0, 0.1) is 0 Å². The van der Waals surface area contributed by atoms with Gasteiger partial charge in [0.1, 0.15) is 0 Å². The maximum absolute atomic E-state index is 12.7. The number of carbonyl (C=O) groups excluding carboxylic acids is 1. The van der Waals surface area contributed by atoms with Gasteiger partial charge in [-0.1, -0.05) is 18.2 Å². The minimum Gasteiger partial charge on any atom is -0.357 e.